The second-order valence-corrected chi connectivity index (χ2v) is 19.3. The standard InChI is InChI=1S/C56H109NO5/c1-4-7-10-13-16-19-22-25-26-27-28-31-33-36-39-42-45-48-54(59)53(51-58)57-55(60)50-52(47-44-41-38-35-32-29-23-20-17-14-11-8-5-2)62-56(61)49-46-43-40-37-34-30-24-21-18-15-12-9-6-3/h20,23,52-54,58-59H,4-19,21-22,24-51H2,1-3H3,(H,57,60)/b23-20-. The first kappa shape index (κ1) is 60.6. The van der Waals surface area contributed by atoms with Gasteiger partial charge in [-0.1, -0.05) is 258 Å². The van der Waals surface area contributed by atoms with Crippen LogP contribution in [0.1, 0.15) is 310 Å². The van der Waals surface area contributed by atoms with Crippen molar-refractivity contribution in [3.05, 3.63) is 12.2 Å². The van der Waals surface area contributed by atoms with Gasteiger partial charge < -0.3 is 20.3 Å². The summed E-state index contributed by atoms with van der Waals surface area (Å²) >= 11 is 0. The molecule has 62 heavy (non-hydrogen) atoms. The summed E-state index contributed by atoms with van der Waals surface area (Å²) in [4.78, 5) is 26.2. The predicted molar refractivity (Wildman–Crippen MR) is 269 cm³/mol. The van der Waals surface area contributed by atoms with Crippen molar-refractivity contribution in [2.75, 3.05) is 6.61 Å². The quantitative estimate of drug-likeness (QED) is 0.0321. The number of carbonyl (C=O) groups excluding carboxylic acids is 2. The molecule has 0 aromatic carbocycles. The molecule has 0 heterocycles. The van der Waals surface area contributed by atoms with Crippen LogP contribution in [0.15, 0.2) is 12.2 Å². The van der Waals surface area contributed by atoms with Crippen LogP contribution in [0.3, 0.4) is 0 Å². The van der Waals surface area contributed by atoms with Crippen molar-refractivity contribution < 1.29 is 24.5 Å². The highest BCUT2D eigenvalue weighted by molar-refractivity contribution is 5.77. The number of nitrogens with one attached hydrogen (secondary N) is 1. The Bertz CT molecular complexity index is 939. The van der Waals surface area contributed by atoms with Gasteiger partial charge in [0, 0.05) is 6.42 Å². The van der Waals surface area contributed by atoms with Crippen molar-refractivity contribution >= 4 is 11.9 Å². The van der Waals surface area contributed by atoms with Gasteiger partial charge in [-0.15, -0.1) is 0 Å². The molecule has 0 aliphatic carbocycles. The molecule has 0 aliphatic rings. The van der Waals surface area contributed by atoms with Crippen LogP contribution in [0.5, 0.6) is 0 Å². The van der Waals surface area contributed by atoms with Crippen LogP contribution in [0.4, 0.5) is 0 Å². The number of aliphatic hydroxyl groups is 2. The van der Waals surface area contributed by atoms with Gasteiger partial charge in [0.25, 0.3) is 0 Å². The smallest absolute Gasteiger partial charge is 0.306 e. The topological polar surface area (TPSA) is 95.9 Å². The summed E-state index contributed by atoms with van der Waals surface area (Å²) in [5.74, 6) is -0.462. The molecule has 0 fully saturated rings. The maximum absolute atomic E-state index is 13.2. The Kier molecular flexibility index (Phi) is 49.5. The Morgan fingerprint density at radius 2 is 0.774 bits per heavy atom. The molecule has 0 rings (SSSR count). The molecule has 0 radical (unpaired) electrons. The SMILES string of the molecule is CCCCCC/C=C\CCCCCCCC(CC(=O)NC(CO)C(O)CCCCCCCCCCCCCCCCCCC)OC(=O)CCCCCCCCCCCCCCC. The molecular weight excluding hydrogens is 767 g/mol. The van der Waals surface area contributed by atoms with E-state index in [1.54, 1.807) is 0 Å². The third-order valence-electron chi connectivity index (χ3n) is 13.1. The largest absolute Gasteiger partial charge is 0.462 e. The fraction of sp³-hybridized carbons (Fsp3) is 0.929. The molecule has 3 N–H and O–H groups in total. The summed E-state index contributed by atoms with van der Waals surface area (Å²) < 4.78 is 5.94. The summed E-state index contributed by atoms with van der Waals surface area (Å²) in [5.41, 5.74) is 0. The molecule has 0 aromatic heterocycles. The number of hydrogen-bond donors (Lipinski definition) is 3. The van der Waals surface area contributed by atoms with Gasteiger partial charge in [-0.3, -0.25) is 9.59 Å². The van der Waals surface area contributed by atoms with Crippen LogP contribution in [-0.4, -0.2) is 46.9 Å². The number of rotatable bonds is 51. The summed E-state index contributed by atoms with van der Waals surface area (Å²) in [5, 5.41) is 23.9. The van der Waals surface area contributed by atoms with Crippen molar-refractivity contribution in [3.8, 4) is 0 Å². The first-order valence-corrected chi connectivity index (χ1v) is 27.9. The molecule has 1 amide bonds. The highest BCUT2D eigenvalue weighted by atomic mass is 16.5. The van der Waals surface area contributed by atoms with Crippen molar-refractivity contribution in [1.82, 2.24) is 5.32 Å². The zero-order chi connectivity index (χ0) is 45.2. The van der Waals surface area contributed by atoms with E-state index in [1.807, 2.05) is 0 Å². The van der Waals surface area contributed by atoms with Crippen LogP contribution in [0, 0.1) is 0 Å². The molecule has 6 nitrogen and oxygen atoms in total. The molecule has 0 spiro atoms. The second-order valence-electron chi connectivity index (χ2n) is 19.3. The number of allylic oxidation sites excluding steroid dienone is 2. The zero-order valence-electron chi connectivity index (χ0n) is 42.0. The van der Waals surface area contributed by atoms with E-state index in [9.17, 15) is 19.8 Å². The zero-order valence-corrected chi connectivity index (χ0v) is 42.0. The van der Waals surface area contributed by atoms with Crippen LogP contribution in [0.2, 0.25) is 0 Å². The Labute approximate surface area is 387 Å². The van der Waals surface area contributed by atoms with Crippen molar-refractivity contribution in [3.63, 3.8) is 0 Å². The van der Waals surface area contributed by atoms with E-state index >= 15 is 0 Å². The molecule has 3 atom stereocenters. The van der Waals surface area contributed by atoms with Crippen LogP contribution < -0.4 is 5.32 Å². The van der Waals surface area contributed by atoms with Crippen molar-refractivity contribution in [1.29, 1.82) is 0 Å². The molecule has 0 saturated carbocycles. The fourth-order valence-corrected chi connectivity index (χ4v) is 8.84. The van der Waals surface area contributed by atoms with Crippen LogP contribution in [0.25, 0.3) is 0 Å². The lowest BCUT2D eigenvalue weighted by atomic mass is 10.0. The fourth-order valence-electron chi connectivity index (χ4n) is 8.84. The predicted octanol–water partition coefficient (Wildman–Crippen LogP) is 16.9. The lowest BCUT2D eigenvalue weighted by Crippen LogP contribution is -2.46. The third-order valence-corrected chi connectivity index (χ3v) is 13.1. The Morgan fingerprint density at radius 3 is 1.16 bits per heavy atom. The number of unbranched alkanes of at least 4 members (excludes halogenated alkanes) is 37. The molecule has 0 bridgehead atoms. The molecule has 0 saturated heterocycles. The van der Waals surface area contributed by atoms with Crippen molar-refractivity contribution in [2.24, 2.45) is 0 Å². The van der Waals surface area contributed by atoms with Gasteiger partial charge in [0.1, 0.15) is 6.10 Å². The second kappa shape index (κ2) is 50.6. The van der Waals surface area contributed by atoms with Gasteiger partial charge >= 0.3 is 5.97 Å². The van der Waals surface area contributed by atoms with E-state index in [-0.39, 0.29) is 24.9 Å². The maximum atomic E-state index is 13.2. The molecule has 0 aliphatic heterocycles. The summed E-state index contributed by atoms with van der Waals surface area (Å²) in [6.07, 6.45) is 57.0. The van der Waals surface area contributed by atoms with E-state index in [0.29, 0.717) is 19.3 Å². The summed E-state index contributed by atoms with van der Waals surface area (Å²) in [7, 11) is 0. The highest BCUT2D eigenvalue weighted by Crippen LogP contribution is 2.19. The summed E-state index contributed by atoms with van der Waals surface area (Å²) in [6, 6.07) is -0.698. The average molecular weight is 876 g/mol. The van der Waals surface area contributed by atoms with Gasteiger partial charge in [0.15, 0.2) is 0 Å². The van der Waals surface area contributed by atoms with Gasteiger partial charge in [-0.2, -0.15) is 0 Å². The van der Waals surface area contributed by atoms with Gasteiger partial charge in [0.2, 0.25) is 5.91 Å². The van der Waals surface area contributed by atoms with Gasteiger partial charge in [0.05, 0.1) is 25.2 Å². The number of amides is 1. The number of esters is 1. The van der Waals surface area contributed by atoms with Crippen LogP contribution in [-0.2, 0) is 14.3 Å². The van der Waals surface area contributed by atoms with Crippen molar-refractivity contribution in [2.45, 2.75) is 328 Å². The van der Waals surface area contributed by atoms with Crippen LogP contribution >= 0.6 is 0 Å². The van der Waals surface area contributed by atoms with E-state index in [2.05, 4.69) is 38.2 Å². The summed E-state index contributed by atoms with van der Waals surface area (Å²) in [6.45, 7) is 6.50. The number of hydrogen-bond acceptors (Lipinski definition) is 5. The minimum atomic E-state index is -0.784. The number of ether oxygens (including phenoxy) is 1. The molecular formula is C56H109NO5. The van der Waals surface area contributed by atoms with Gasteiger partial charge in [-0.05, 0) is 51.4 Å². The minimum Gasteiger partial charge on any atom is -0.462 e. The van der Waals surface area contributed by atoms with E-state index in [0.717, 1.165) is 57.8 Å². The third kappa shape index (κ3) is 45.2. The monoisotopic (exact) mass is 876 g/mol. The lowest BCUT2D eigenvalue weighted by Gasteiger charge is -2.24. The molecule has 0 aromatic rings. The molecule has 368 valence electrons. The lowest BCUT2D eigenvalue weighted by molar-refractivity contribution is -0.151. The minimum absolute atomic E-state index is 0.0791. The number of carbonyl (C=O) groups is 2. The Morgan fingerprint density at radius 1 is 0.452 bits per heavy atom. The average Bonchev–Trinajstić information content (AvgIpc) is 3.26. The molecule has 6 heteroatoms. The highest BCUT2D eigenvalue weighted by Gasteiger charge is 2.24. The van der Waals surface area contributed by atoms with E-state index in [4.69, 9.17) is 4.74 Å². The Hall–Kier alpha value is -1.40. The van der Waals surface area contributed by atoms with E-state index < -0.39 is 18.2 Å². The maximum Gasteiger partial charge on any atom is 0.306 e. The number of aliphatic hydroxyl groups excluding tert-OH is 2. The first-order chi connectivity index (χ1) is 30.5. The Balaban J connectivity index is 4.47. The van der Waals surface area contributed by atoms with E-state index in [1.165, 1.54) is 205 Å². The molecule has 3 unspecified atom stereocenters. The normalized spacial score (nSPS) is 13.2. The first-order valence-electron chi connectivity index (χ1n) is 27.9. The van der Waals surface area contributed by atoms with Gasteiger partial charge in [-0.25, -0.2) is 0 Å².